The predicted molar refractivity (Wildman–Crippen MR) is 50.3 cm³/mol. The Morgan fingerprint density at radius 3 is 2.77 bits per heavy atom. The van der Waals surface area contributed by atoms with Crippen LogP contribution in [0.2, 0.25) is 0 Å². The fraction of sp³-hybridized carbons (Fsp3) is 0.375. The van der Waals surface area contributed by atoms with Gasteiger partial charge in [0.2, 0.25) is 0 Å². The van der Waals surface area contributed by atoms with Crippen LogP contribution in [0, 0.1) is 5.53 Å². The number of rotatable bonds is 5. The predicted octanol–water partition coefficient (Wildman–Crippen LogP) is 1.71. The molecule has 13 heavy (non-hydrogen) atoms. The van der Waals surface area contributed by atoms with Gasteiger partial charge in [-0.3, -0.25) is 0 Å². The molecule has 0 saturated heterocycles. The largest absolute Gasteiger partial charge is 0.365 e. The molecule has 0 aromatic carbocycles. The van der Waals surface area contributed by atoms with E-state index in [4.69, 9.17) is 5.53 Å². The quantitative estimate of drug-likeness (QED) is 0.635. The monoisotopic (exact) mass is 182 g/mol. The number of carbonyl (C=O) groups excluding carboxylic acids is 1. The number of amides is 2. The van der Waals surface area contributed by atoms with Gasteiger partial charge in [0.15, 0.2) is 0 Å². The molecule has 2 amide bonds. The Morgan fingerprint density at radius 1 is 1.77 bits per heavy atom. The summed E-state index contributed by atoms with van der Waals surface area (Å²) >= 11 is 0. The lowest BCUT2D eigenvalue weighted by Gasteiger charge is -2.18. The molecule has 0 radical (unpaired) electrons. The lowest BCUT2D eigenvalue weighted by molar-refractivity contribution is 0.212. The van der Waals surface area contributed by atoms with E-state index < -0.39 is 6.03 Å². The summed E-state index contributed by atoms with van der Waals surface area (Å²) < 4.78 is 0. The Labute approximate surface area is 77.6 Å². The van der Waals surface area contributed by atoms with Gasteiger partial charge in [0.05, 0.1) is 6.54 Å². The summed E-state index contributed by atoms with van der Waals surface area (Å²) in [6.45, 7) is 9.78. The average molecular weight is 182 g/mol. The Morgan fingerprint density at radius 2 is 2.38 bits per heavy atom. The molecule has 0 rings (SSSR count). The fourth-order valence-corrected chi connectivity index (χ4v) is 0.806. The van der Waals surface area contributed by atoms with E-state index in [9.17, 15) is 4.79 Å². The van der Waals surface area contributed by atoms with Gasteiger partial charge in [0, 0.05) is 12.2 Å². The van der Waals surface area contributed by atoms with E-state index in [2.05, 4.69) is 23.6 Å². The number of nitrogens with one attached hydrogen (secondary N) is 2. The Kier molecular flexibility index (Phi) is 5.18. The molecule has 72 valence electrons. The van der Waals surface area contributed by atoms with Crippen molar-refractivity contribution in [3.05, 3.63) is 25.1 Å². The van der Waals surface area contributed by atoms with E-state index >= 15 is 0 Å². The van der Waals surface area contributed by atoms with Crippen molar-refractivity contribution in [3.63, 3.8) is 0 Å². The SMILES string of the molecule is C=CNC(=C)CN(CC)C(=O)N=N. The van der Waals surface area contributed by atoms with Crippen LogP contribution in [-0.2, 0) is 0 Å². The summed E-state index contributed by atoms with van der Waals surface area (Å²) in [5, 5.41) is 5.58. The maximum absolute atomic E-state index is 11.0. The summed E-state index contributed by atoms with van der Waals surface area (Å²) in [5.41, 5.74) is 7.20. The van der Waals surface area contributed by atoms with Crippen LogP contribution in [0.25, 0.3) is 0 Å². The maximum Gasteiger partial charge on any atom is 0.361 e. The van der Waals surface area contributed by atoms with Gasteiger partial charge in [0.1, 0.15) is 0 Å². The van der Waals surface area contributed by atoms with Gasteiger partial charge in [-0.15, -0.1) is 0 Å². The van der Waals surface area contributed by atoms with Crippen LogP contribution < -0.4 is 5.32 Å². The summed E-state index contributed by atoms with van der Waals surface area (Å²) in [7, 11) is 0. The van der Waals surface area contributed by atoms with Crippen molar-refractivity contribution >= 4 is 6.03 Å². The van der Waals surface area contributed by atoms with Crippen LogP contribution in [0.3, 0.4) is 0 Å². The summed E-state index contributed by atoms with van der Waals surface area (Å²) in [6, 6.07) is -0.561. The first-order valence-electron chi connectivity index (χ1n) is 3.87. The third-order valence-corrected chi connectivity index (χ3v) is 1.44. The van der Waals surface area contributed by atoms with Crippen molar-refractivity contribution in [1.82, 2.24) is 10.2 Å². The molecule has 0 fully saturated rings. The van der Waals surface area contributed by atoms with Gasteiger partial charge < -0.3 is 10.2 Å². The highest BCUT2D eigenvalue weighted by Gasteiger charge is 2.10. The molecule has 0 atom stereocenters. The second-order valence-corrected chi connectivity index (χ2v) is 2.36. The Hall–Kier alpha value is -1.65. The molecule has 0 bridgehead atoms. The molecule has 0 aromatic rings. The second kappa shape index (κ2) is 5.93. The fourth-order valence-electron chi connectivity index (χ4n) is 0.806. The van der Waals surface area contributed by atoms with E-state index in [1.54, 1.807) is 0 Å². The molecule has 0 aromatic heterocycles. The molecule has 0 aliphatic heterocycles. The van der Waals surface area contributed by atoms with Gasteiger partial charge in [0.25, 0.3) is 0 Å². The minimum Gasteiger partial charge on any atom is -0.365 e. The number of urea groups is 1. The van der Waals surface area contributed by atoms with Crippen molar-refractivity contribution in [2.45, 2.75) is 6.92 Å². The number of hydrogen-bond donors (Lipinski definition) is 2. The van der Waals surface area contributed by atoms with E-state index in [0.717, 1.165) is 0 Å². The Balaban J connectivity index is 4.11. The minimum absolute atomic E-state index is 0.337. The lowest BCUT2D eigenvalue weighted by Crippen LogP contribution is -2.32. The highest BCUT2D eigenvalue weighted by atomic mass is 16.2. The molecule has 0 spiro atoms. The van der Waals surface area contributed by atoms with Gasteiger partial charge in [-0.25, -0.2) is 4.79 Å². The summed E-state index contributed by atoms with van der Waals surface area (Å²) in [4.78, 5) is 12.4. The maximum atomic E-state index is 11.0. The molecule has 2 N–H and O–H groups in total. The molecule has 0 aliphatic carbocycles. The van der Waals surface area contributed by atoms with Crippen molar-refractivity contribution < 1.29 is 4.79 Å². The van der Waals surface area contributed by atoms with Crippen molar-refractivity contribution in [1.29, 1.82) is 5.53 Å². The summed E-state index contributed by atoms with van der Waals surface area (Å²) in [5.74, 6) is 0. The molecule has 5 nitrogen and oxygen atoms in total. The smallest absolute Gasteiger partial charge is 0.361 e. The summed E-state index contributed by atoms with van der Waals surface area (Å²) in [6.07, 6.45) is 1.48. The normalized spacial score (nSPS) is 8.69. The molecule has 0 heterocycles. The first-order valence-corrected chi connectivity index (χ1v) is 3.87. The van der Waals surface area contributed by atoms with Crippen molar-refractivity contribution in [2.75, 3.05) is 13.1 Å². The topological polar surface area (TPSA) is 68.6 Å². The zero-order valence-electron chi connectivity index (χ0n) is 7.71. The van der Waals surface area contributed by atoms with E-state index in [1.165, 1.54) is 11.1 Å². The molecular formula is C8H14N4O. The Bertz CT molecular complexity index is 224. The number of nitrogens with zero attached hydrogens (tertiary/aromatic N) is 2. The third kappa shape index (κ3) is 4.05. The lowest BCUT2D eigenvalue weighted by atomic mass is 10.4. The number of hydrogen-bond acceptors (Lipinski definition) is 3. The van der Waals surface area contributed by atoms with Gasteiger partial charge in [-0.05, 0) is 13.1 Å². The highest BCUT2D eigenvalue weighted by molar-refractivity contribution is 5.74. The molecule has 0 unspecified atom stereocenters. The molecule has 0 aliphatic rings. The van der Waals surface area contributed by atoms with Crippen molar-refractivity contribution in [2.24, 2.45) is 5.11 Å². The van der Waals surface area contributed by atoms with Crippen LogP contribution in [0.5, 0.6) is 0 Å². The zero-order valence-corrected chi connectivity index (χ0v) is 7.71. The minimum atomic E-state index is -0.561. The van der Waals surface area contributed by atoms with E-state index in [0.29, 0.717) is 18.8 Å². The van der Waals surface area contributed by atoms with Crippen LogP contribution in [-0.4, -0.2) is 24.0 Å². The molecular weight excluding hydrogens is 168 g/mol. The van der Waals surface area contributed by atoms with E-state index in [-0.39, 0.29) is 0 Å². The van der Waals surface area contributed by atoms with Gasteiger partial charge in [-0.1, -0.05) is 18.3 Å². The molecule has 5 heteroatoms. The first-order chi connectivity index (χ1) is 6.15. The van der Waals surface area contributed by atoms with Crippen LogP contribution >= 0.6 is 0 Å². The average Bonchev–Trinajstić information content (AvgIpc) is 2.13. The highest BCUT2D eigenvalue weighted by Crippen LogP contribution is 1.96. The van der Waals surface area contributed by atoms with Gasteiger partial charge >= 0.3 is 6.03 Å². The zero-order chi connectivity index (χ0) is 10.3. The third-order valence-electron chi connectivity index (χ3n) is 1.44. The molecule has 0 saturated carbocycles. The van der Waals surface area contributed by atoms with Crippen LogP contribution in [0.15, 0.2) is 30.2 Å². The van der Waals surface area contributed by atoms with Crippen LogP contribution in [0.1, 0.15) is 6.92 Å². The van der Waals surface area contributed by atoms with Gasteiger partial charge in [-0.2, -0.15) is 5.53 Å². The van der Waals surface area contributed by atoms with Crippen LogP contribution in [0.4, 0.5) is 4.79 Å². The first kappa shape index (κ1) is 11.4. The standard InChI is InChI=1S/C8H14N4O/c1-4-10-7(3)6-12(5-2)8(13)11-9/h4,9-10H,1,3,5-6H2,2H3. The van der Waals surface area contributed by atoms with E-state index in [1.807, 2.05) is 6.92 Å². The number of carbonyl (C=O) groups is 1. The number of likely N-dealkylation sites (N-methyl/N-ethyl adjacent to an activating group) is 1. The van der Waals surface area contributed by atoms with Crippen molar-refractivity contribution in [3.8, 4) is 0 Å². The second-order valence-electron chi connectivity index (χ2n) is 2.36.